The SMILES string of the molecule is Nc1nc(N)c2c(ncn2-n2nnc3c(N)nc(N)nc32)n1. The molecular formula is C9H9N13. The molecule has 0 atom stereocenters. The molecule has 0 saturated carbocycles. The first-order valence-electron chi connectivity index (χ1n) is 5.95. The van der Waals surface area contributed by atoms with Crippen molar-refractivity contribution in [2.45, 2.75) is 0 Å². The normalized spacial score (nSPS) is 11.5. The van der Waals surface area contributed by atoms with Crippen LogP contribution in [0.5, 0.6) is 0 Å². The van der Waals surface area contributed by atoms with Crippen LogP contribution in [-0.4, -0.2) is 44.7 Å². The fraction of sp³-hybridized carbons (Fsp3) is 0. The Bertz CT molecular complexity index is 1030. The van der Waals surface area contributed by atoms with Gasteiger partial charge in [0, 0.05) is 0 Å². The van der Waals surface area contributed by atoms with Gasteiger partial charge in [-0.1, -0.05) is 0 Å². The Hall–Kier alpha value is -3.77. The summed E-state index contributed by atoms with van der Waals surface area (Å²) in [4.78, 5) is 21.2. The lowest BCUT2D eigenvalue weighted by Gasteiger charge is -2.05. The van der Waals surface area contributed by atoms with E-state index < -0.39 is 0 Å². The van der Waals surface area contributed by atoms with Crippen molar-refractivity contribution in [2.75, 3.05) is 22.9 Å². The first-order chi connectivity index (χ1) is 10.5. The second-order valence-electron chi connectivity index (χ2n) is 4.35. The molecule has 13 heteroatoms. The zero-order valence-corrected chi connectivity index (χ0v) is 10.9. The van der Waals surface area contributed by atoms with Crippen molar-refractivity contribution in [3.05, 3.63) is 6.33 Å². The van der Waals surface area contributed by atoms with Crippen molar-refractivity contribution in [3.63, 3.8) is 0 Å². The molecule has 13 nitrogen and oxygen atoms in total. The van der Waals surface area contributed by atoms with E-state index in [1.165, 1.54) is 15.8 Å². The molecule has 4 rings (SSSR count). The summed E-state index contributed by atoms with van der Waals surface area (Å²) in [5.41, 5.74) is 24.1. The molecule has 0 aromatic carbocycles. The van der Waals surface area contributed by atoms with Gasteiger partial charge in [0.2, 0.25) is 17.5 Å². The van der Waals surface area contributed by atoms with E-state index in [0.29, 0.717) is 22.3 Å². The Morgan fingerprint density at radius 2 is 1.59 bits per heavy atom. The van der Waals surface area contributed by atoms with Gasteiger partial charge in [-0.25, -0.2) is 9.66 Å². The van der Waals surface area contributed by atoms with Crippen molar-refractivity contribution in [1.82, 2.24) is 44.7 Å². The summed E-state index contributed by atoms with van der Waals surface area (Å²) in [7, 11) is 0. The van der Waals surface area contributed by atoms with Gasteiger partial charge in [0.05, 0.1) is 0 Å². The van der Waals surface area contributed by atoms with Crippen LogP contribution in [0.3, 0.4) is 0 Å². The van der Waals surface area contributed by atoms with E-state index in [1.807, 2.05) is 0 Å². The highest BCUT2D eigenvalue weighted by Crippen LogP contribution is 2.21. The average molecular weight is 299 g/mol. The van der Waals surface area contributed by atoms with Gasteiger partial charge in [0.15, 0.2) is 28.3 Å². The van der Waals surface area contributed by atoms with Crippen LogP contribution < -0.4 is 22.9 Å². The van der Waals surface area contributed by atoms with Crippen molar-refractivity contribution < 1.29 is 0 Å². The molecule has 0 fully saturated rings. The van der Waals surface area contributed by atoms with Crippen LogP contribution in [0.15, 0.2) is 6.33 Å². The fourth-order valence-electron chi connectivity index (χ4n) is 2.09. The van der Waals surface area contributed by atoms with Crippen LogP contribution in [0.2, 0.25) is 0 Å². The Balaban J connectivity index is 2.08. The second-order valence-corrected chi connectivity index (χ2v) is 4.35. The molecule has 22 heavy (non-hydrogen) atoms. The third kappa shape index (κ3) is 1.49. The molecule has 0 unspecified atom stereocenters. The molecule has 4 heterocycles. The summed E-state index contributed by atoms with van der Waals surface area (Å²) in [6, 6.07) is 0. The Morgan fingerprint density at radius 3 is 2.41 bits per heavy atom. The maximum absolute atomic E-state index is 5.88. The largest absolute Gasteiger partial charge is 0.382 e. The number of hydrogen-bond acceptors (Lipinski definition) is 11. The lowest BCUT2D eigenvalue weighted by Crippen LogP contribution is -2.13. The highest BCUT2D eigenvalue weighted by atomic mass is 15.7. The fourth-order valence-corrected chi connectivity index (χ4v) is 2.09. The molecule has 0 spiro atoms. The average Bonchev–Trinajstić information content (AvgIpc) is 3.01. The second kappa shape index (κ2) is 3.87. The van der Waals surface area contributed by atoms with E-state index in [-0.39, 0.29) is 23.5 Å². The van der Waals surface area contributed by atoms with Gasteiger partial charge in [-0.15, -0.1) is 9.89 Å². The van der Waals surface area contributed by atoms with Gasteiger partial charge in [0.25, 0.3) is 0 Å². The van der Waals surface area contributed by atoms with Crippen molar-refractivity contribution >= 4 is 45.9 Å². The smallest absolute Gasteiger partial charge is 0.224 e. The zero-order valence-electron chi connectivity index (χ0n) is 10.9. The molecule has 0 bridgehead atoms. The quantitative estimate of drug-likeness (QED) is 0.302. The number of fused-ring (bicyclic) bond motifs is 2. The van der Waals surface area contributed by atoms with E-state index in [1.54, 1.807) is 0 Å². The number of nitrogen functional groups attached to an aromatic ring is 4. The van der Waals surface area contributed by atoms with Gasteiger partial charge < -0.3 is 22.9 Å². The van der Waals surface area contributed by atoms with Crippen molar-refractivity contribution in [1.29, 1.82) is 0 Å². The minimum Gasteiger partial charge on any atom is -0.382 e. The van der Waals surface area contributed by atoms with E-state index in [0.717, 1.165) is 0 Å². The molecule has 4 aromatic heterocycles. The zero-order chi connectivity index (χ0) is 15.4. The lowest BCUT2D eigenvalue weighted by molar-refractivity contribution is 0.579. The number of nitrogens with two attached hydrogens (primary N) is 4. The van der Waals surface area contributed by atoms with Crippen molar-refractivity contribution in [3.8, 4) is 0 Å². The summed E-state index contributed by atoms with van der Waals surface area (Å²) in [6.45, 7) is 0. The topological polar surface area (TPSA) is 204 Å². The van der Waals surface area contributed by atoms with E-state index in [4.69, 9.17) is 22.9 Å². The monoisotopic (exact) mass is 299 g/mol. The third-order valence-corrected chi connectivity index (χ3v) is 2.96. The summed E-state index contributed by atoms with van der Waals surface area (Å²) in [5, 5.41) is 7.88. The number of imidazole rings is 1. The minimum absolute atomic E-state index is 0.00793. The predicted octanol–water partition coefficient (Wildman–Crippen LogP) is -2.00. The number of hydrogen-bond donors (Lipinski definition) is 4. The third-order valence-electron chi connectivity index (χ3n) is 2.96. The summed E-state index contributed by atoms with van der Waals surface area (Å²) < 4.78 is 1.46. The summed E-state index contributed by atoms with van der Waals surface area (Å²) in [6.07, 6.45) is 1.43. The van der Waals surface area contributed by atoms with Crippen LogP contribution in [0, 0.1) is 0 Å². The van der Waals surface area contributed by atoms with Crippen molar-refractivity contribution in [2.24, 2.45) is 0 Å². The van der Waals surface area contributed by atoms with Gasteiger partial charge in [-0.05, 0) is 5.21 Å². The molecule has 0 saturated heterocycles. The van der Waals surface area contributed by atoms with Gasteiger partial charge >= 0.3 is 0 Å². The lowest BCUT2D eigenvalue weighted by atomic mass is 10.5. The molecule has 0 aliphatic heterocycles. The van der Waals surface area contributed by atoms with E-state index in [9.17, 15) is 0 Å². The molecular weight excluding hydrogens is 290 g/mol. The standard InChI is InChI=1S/C9H9N13/c10-4-2-7(18-9(13)15-4)22(20-19-2)21-1-14-6-3(21)5(11)16-8(12)17-6/h1H,(H4,10,13,15,18)(H4,11,12,16,17). The Labute approximate surface area is 120 Å². The maximum atomic E-state index is 5.88. The molecule has 0 radical (unpaired) electrons. The molecule has 0 aliphatic carbocycles. The van der Waals surface area contributed by atoms with Gasteiger partial charge in [0.1, 0.15) is 6.33 Å². The Morgan fingerprint density at radius 1 is 0.864 bits per heavy atom. The van der Waals surface area contributed by atoms with Gasteiger partial charge in [-0.2, -0.15) is 19.9 Å². The predicted molar refractivity (Wildman–Crippen MR) is 76.9 cm³/mol. The first-order valence-corrected chi connectivity index (χ1v) is 5.95. The van der Waals surface area contributed by atoms with Gasteiger partial charge in [-0.3, -0.25) is 0 Å². The summed E-state index contributed by atoms with van der Waals surface area (Å²) in [5.74, 6) is 0.270. The highest BCUT2D eigenvalue weighted by Gasteiger charge is 2.17. The number of nitrogens with zero attached hydrogens (tertiary/aromatic N) is 9. The van der Waals surface area contributed by atoms with Crippen LogP contribution in [0.25, 0.3) is 22.3 Å². The van der Waals surface area contributed by atoms with E-state index >= 15 is 0 Å². The number of rotatable bonds is 1. The minimum atomic E-state index is -0.00793. The Kier molecular flexibility index (Phi) is 2.11. The highest BCUT2D eigenvalue weighted by molar-refractivity contribution is 5.85. The summed E-state index contributed by atoms with van der Waals surface area (Å²) >= 11 is 0. The maximum Gasteiger partial charge on any atom is 0.224 e. The molecule has 8 N–H and O–H groups in total. The van der Waals surface area contributed by atoms with Crippen LogP contribution >= 0.6 is 0 Å². The van der Waals surface area contributed by atoms with Crippen LogP contribution in [0.1, 0.15) is 0 Å². The van der Waals surface area contributed by atoms with E-state index in [2.05, 4.69) is 35.2 Å². The number of anilines is 4. The molecule has 110 valence electrons. The first kappa shape index (κ1) is 12.0. The molecule has 0 aliphatic rings. The van der Waals surface area contributed by atoms with Crippen LogP contribution in [0.4, 0.5) is 23.5 Å². The molecule has 0 amide bonds. The number of aromatic nitrogens is 9. The molecule has 4 aromatic rings. The van der Waals surface area contributed by atoms with Crippen LogP contribution in [-0.2, 0) is 0 Å².